The van der Waals surface area contributed by atoms with E-state index >= 15 is 0 Å². The van der Waals surface area contributed by atoms with Gasteiger partial charge < -0.3 is 19.0 Å². The second-order valence-corrected chi connectivity index (χ2v) is 15.3. The van der Waals surface area contributed by atoms with Gasteiger partial charge in [0, 0.05) is 18.2 Å². The highest BCUT2D eigenvalue weighted by atomic mass is 28.4. The predicted octanol–water partition coefficient (Wildman–Crippen LogP) is 3.58. The van der Waals surface area contributed by atoms with Crippen LogP contribution in [0.2, 0.25) is 18.1 Å². The third kappa shape index (κ3) is 6.37. The summed E-state index contributed by atoms with van der Waals surface area (Å²) in [6, 6.07) is 9.64. The van der Waals surface area contributed by atoms with Crippen LogP contribution in [0.4, 0.5) is 0 Å². The van der Waals surface area contributed by atoms with Crippen LogP contribution in [0, 0.1) is 6.92 Å². The number of ether oxygens (including phenoxy) is 2. The average Bonchev–Trinajstić information content (AvgIpc) is 3.09. The Labute approximate surface area is 206 Å². The Bertz CT molecular complexity index is 1140. The summed E-state index contributed by atoms with van der Waals surface area (Å²) in [6.07, 6.45) is -1.26. The smallest absolute Gasteiger partial charge is 0.330 e. The van der Waals surface area contributed by atoms with E-state index in [1.807, 2.05) is 30.3 Å². The molecule has 2 N–H and O–H groups in total. The maximum Gasteiger partial charge on any atom is 0.330 e. The first-order valence-electron chi connectivity index (χ1n) is 11.8. The molecule has 4 atom stereocenters. The molecule has 1 saturated heterocycles. The van der Waals surface area contributed by atoms with E-state index in [9.17, 15) is 19.5 Å². The molecule has 2 aromatic rings. The van der Waals surface area contributed by atoms with Crippen molar-refractivity contribution in [3.63, 3.8) is 0 Å². The number of aromatic nitrogens is 2. The first-order chi connectivity index (χ1) is 16.3. The van der Waals surface area contributed by atoms with Crippen molar-refractivity contribution in [2.75, 3.05) is 0 Å². The lowest BCUT2D eigenvalue weighted by Crippen LogP contribution is -2.50. The van der Waals surface area contributed by atoms with Crippen LogP contribution in [0.25, 0.3) is 0 Å². The Hall–Kier alpha value is -2.53. The molecule has 0 spiro atoms. The summed E-state index contributed by atoms with van der Waals surface area (Å²) in [5.74, 6) is -0.947. The predicted molar refractivity (Wildman–Crippen MR) is 134 cm³/mol. The lowest BCUT2D eigenvalue weighted by Gasteiger charge is -2.40. The van der Waals surface area contributed by atoms with Gasteiger partial charge in [-0.1, -0.05) is 51.1 Å². The molecule has 0 aliphatic carbocycles. The van der Waals surface area contributed by atoms with Crippen molar-refractivity contribution in [3.05, 3.63) is 68.5 Å². The molecule has 0 saturated carbocycles. The van der Waals surface area contributed by atoms with E-state index in [4.69, 9.17) is 13.9 Å². The van der Waals surface area contributed by atoms with Crippen LogP contribution in [-0.4, -0.2) is 47.3 Å². The SMILES string of the molecule is Cc1cn([C@@H]2O[C@H](CCC(=O)O)[C@@H](OCc3ccccc3)[C@H]2O[Si](C)(C)C(C)(C)C)c(=O)[nH]c1=O. The maximum atomic E-state index is 12.8. The number of aromatic amines is 1. The molecule has 3 rings (SSSR count). The molecule has 9 nitrogen and oxygen atoms in total. The quantitative estimate of drug-likeness (QED) is 0.501. The summed E-state index contributed by atoms with van der Waals surface area (Å²) in [7, 11) is -2.37. The third-order valence-electron chi connectivity index (χ3n) is 6.87. The first kappa shape index (κ1) is 27.1. The van der Waals surface area contributed by atoms with Gasteiger partial charge in [0.15, 0.2) is 14.5 Å². The second-order valence-electron chi connectivity index (χ2n) is 10.6. The fourth-order valence-corrected chi connectivity index (χ4v) is 5.10. The first-order valence-corrected chi connectivity index (χ1v) is 14.7. The van der Waals surface area contributed by atoms with Crippen LogP contribution in [0.5, 0.6) is 0 Å². The monoisotopic (exact) mass is 504 g/mol. The molecule has 10 heteroatoms. The van der Waals surface area contributed by atoms with Crippen molar-refractivity contribution in [2.45, 2.75) is 89.8 Å². The van der Waals surface area contributed by atoms with Crippen LogP contribution in [0.1, 0.15) is 51.0 Å². The molecule has 192 valence electrons. The summed E-state index contributed by atoms with van der Waals surface area (Å²) >= 11 is 0. The average molecular weight is 505 g/mol. The van der Waals surface area contributed by atoms with Crippen molar-refractivity contribution in [2.24, 2.45) is 0 Å². The molecular formula is C25H36N2O7Si. The molecular weight excluding hydrogens is 468 g/mol. The van der Waals surface area contributed by atoms with Gasteiger partial charge in [-0.25, -0.2) is 4.79 Å². The molecule has 1 aromatic carbocycles. The molecule has 1 aliphatic rings. The minimum Gasteiger partial charge on any atom is -0.481 e. The number of hydrogen-bond donors (Lipinski definition) is 2. The standard InChI is InChI=1S/C25H36N2O7Si/c1-16-14-27(24(31)26-22(16)30)23-21(34-35(5,6)25(2,3)4)20(18(33-23)12-13-19(28)29)32-15-17-10-8-7-9-11-17/h7-11,14,18,20-21,23H,12-13,15H2,1-6H3,(H,28,29)(H,26,30,31)/t18-,20-,21-,23-/m1/s1. The van der Waals surface area contributed by atoms with Crippen molar-refractivity contribution in [1.82, 2.24) is 9.55 Å². The Balaban J connectivity index is 2.04. The third-order valence-corrected chi connectivity index (χ3v) is 11.3. The zero-order valence-electron chi connectivity index (χ0n) is 21.2. The van der Waals surface area contributed by atoms with Gasteiger partial charge in [-0.3, -0.25) is 19.1 Å². The minimum atomic E-state index is -2.37. The van der Waals surface area contributed by atoms with Gasteiger partial charge >= 0.3 is 11.7 Å². The number of aliphatic carboxylic acids is 1. The van der Waals surface area contributed by atoms with E-state index in [0.29, 0.717) is 5.56 Å². The van der Waals surface area contributed by atoms with E-state index in [2.05, 4.69) is 38.8 Å². The van der Waals surface area contributed by atoms with Crippen LogP contribution in [-0.2, 0) is 25.3 Å². The zero-order chi connectivity index (χ0) is 26.0. The number of hydrogen-bond acceptors (Lipinski definition) is 6. The number of rotatable bonds is 9. The number of carbonyl (C=O) groups is 1. The highest BCUT2D eigenvalue weighted by Crippen LogP contribution is 2.43. The number of carboxylic acid groups (broad SMARTS) is 1. The topological polar surface area (TPSA) is 120 Å². The van der Waals surface area contributed by atoms with Crippen LogP contribution >= 0.6 is 0 Å². The Kier molecular flexibility index (Phi) is 8.20. The summed E-state index contributed by atoms with van der Waals surface area (Å²) in [4.78, 5) is 38.5. The van der Waals surface area contributed by atoms with E-state index < -0.39 is 50.1 Å². The number of H-pyrrole nitrogens is 1. The molecule has 0 amide bonds. The number of benzene rings is 1. The van der Waals surface area contributed by atoms with E-state index in [1.54, 1.807) is 6.92 Å². The fraction of sp³-hybridized carbons (Fsp3) is 0.560. The Morgan fingerprint density at radius 2 is 1.83 bits per heavy atom. The highest BCUT2D eigenvalue weighted by molar-refractivity contribution is 6.74. The number of aryl methyl sites for hydroxylation is 1. The maximum absolute atomic E-state index is 12.8. The number of nitrogens with one attached hydrogen (secondary N) is 1. The molecule has 1 aliphatic heterocycles. The minimum absolute atomic E-state index is 0.116. The second kappa shape index (κ2) is 10.6. The van der Waals surface area contributed by atoms with Crippen LogP contribution in [0.15, 0.2) is 46.1 Å². The van der Waals surface area contributed by atoms with Gasteiger partial charge in [-0.05, 0) is 37.0 Å². The van der Waals surface area contributed by atoms with Gasteiger partial charge in [0.1, 0.15) is 12.2 Å². The highest BCUT2D eigenvalue weighted by Gasteiger charge is 2.51. The summed E-state index contributed by atoms with van der Waals surface area (Å²) in [5, 5.41) is 9.17. The zero-order valence-corrected chi connectivity index (χ0v) is 22.2. The van der Waals surface area contributed by atoms with E-state index in [1.165, 1.54) is 10.8 Å². The largest absolute Gasteiger partial charge is 0.481 e. The molecule has 35 heavy (non-hydrogen) atoms. The van der Waals surface area contributed by atoms with Gasteiger partial charge in [0.2, 0.25) is 0 Å². The van der Waals surface area contributed by atoms with Gasteiger partial charge in [0.05, 0.1) is 12.7 Å². The summed E-state index contributed by atoms with van der Waals surface area (Å²) in [6.45, 7) is 12.4. The van der Waals surface area contributed by atoms with Crippen molar-refractivity contribution in [3.8, 4) is 0 Å². The van der Waals surface area contributed by atoms with E-state index in [-0.39, 0.29) is 24.5 Å². The summed E-state index contributed by atoms with van der Waals surface area (Å²) < 4.78 is 20.7. The molecule has 0 bridgehead atoms. The molecule has 2 heterocycles. The van der Waals surface area contributed by atoms with Gasteiger partial charge in [-0.2, -0.15) is 0 Å². The lowest BCUT2D eigenvalue weighted by atomic mass is 10.1. The normalized spacial score (nSPS) is 22.9. The molecule has 0 radical (unpaired) electrons. The van der Waals surface area contributed by atoms with Gasteiger partial charge in [0.25, 0.3) is 5.56 Å². The molecule has 1 aromatic heterocycles. The van der Waals surface area contributed by atoms with Crippen molar-refractivity contribution >= 4 is 14.3 Å². The summed E-state index contributed by atoms with van der Waals surface area (Å²) in [5.41, 5.74) is 0.228. The van der Waals surface area contributed by atoms with Crippen molar-refractivity contribution in [1.29, 1.82) is 0 Å². The Morgan fingerprint density at radius 3 is 2.43 bits per heavy atom. The number of nitrogens with zero attached hydrogens (tertiary/aromatic N) is 1. The molecule has 1 fully saturated rings. The lowest BCUT2D eigenvalue weighted by molar-refractivity contribution is -0.138. The van der Waals surface area contributed by atoms with Gasteiger partial charge in [-0.15, -0.1) is 0 Å². The fourth-order valence-electron chi connectivity index (χ4n) is 3.82. The Morgan fingerprint density at radius 1 is 1.17 bits per heavy atom. The van der Waals surface area contributed by atoms with Crippen LogP contribution < -0.4 is 11.2 Å². The van der Waals surface area contributed by atoms with Crippen molar-refractivity contribution < 1.29 is 23.8 Å². The van der Waals surface area contributed by atoms with Crippen LogP contribution in [0.3, 0.4) is 0 Å². The molecule has 0 unspecified atom stereocenters. The van der Waals surface area contributed by atoms with E-state index in [0.717, 1.165) is 5.56 Å². The number of carboxylic acids is 1.